The summed E-state index contributed by atoms with van der Waals surface area (Å²) in [7, 11) is 0. The van der Waals surface area contributed by atoms with Gasteiger partial charge in [0.05, 0.1) is 17.7 Å². The molecule has 7 heteroatoms. The predicted octanol–water partition coefficient (Wildman–Crippen LogP) is 3.78. The van der Waals surface area contributed by atoms with Crippen molar-refractivity contribution in [2.75, 3.05) is 37.7 Å². The first-order chi connectivity index (χ1) is 14.2. The fourth-order valence-corrected chi connectivity index (χ4v) is 3.82. The van der Waals surface area contributed by atoms with Crippen LogP contribution in [0.2, 0.25) is 5.02 Å². The van der Waals surface area contributed by atoms with Gasteiger partial charge in [0.1, 0.15) is 5.82 Å². The topological polar surface area (TPSA) is 58.6 Å². The van der Waals surface area contributed by atoms with Gasteiger partial charge >= 0.3 is 5.97 Å². The minimum absolute atomic E-state index is 0.333. The highest BCUT2D eigenvalue weighted by Crippen LogP contribution is 2.26. The molecule has 3 aromatic rings. The van der Waals surface area contributed by atoms with Crippen molar-refractivity contribution >= 4 is 34.3 Å². The zero-order valence-corrected chi connectivity index (χ0v) is 17.1. The first-order valence-corrected chi connectivity index (χ1v) is 10.2. The van der Waals surface area contributed by atoms with Crippen LogP contribution in [0.3, 0.4) is 0 Å². The predicted molar refractivity (Wildman–Crippen MR) is 114 cm³/mol. The molecule has 1 fully saturated rings. The zero-order valence-electron chi connectivity index (χ0n) is 16.3. The molecule has 0 spiro atoms. The molecule has 2 aromatic heterocycles. The summed E-state index contributed by atoms with van der Waals surface area (Å²) in [5.74, 6) is 0.552. The van der Waals surface area contributed by atoms with Crippen LogP contribution in [-0.2, 0) is 11.3 Å². The number of halogens is 1. The molecule has 0 unspecified atom stereocenters. The SMILES string of the molecule is CCOC(=O)c1ccc(N2CCN(Cc3ccc(Cl)c4cccnc34)CC2)nc1. The van der Waals surface area contributed by atoms with Crippen molar-refractivity contribution in [2.24, 2.45) is 0 Å². The summed E-state index contributed by atoms with van der Waals surface area (Å²) < 4.78 is 5.01. The fourth-order valence-electron chi connectivity index (χ4n) is 3.61. The standard InChI is InChI=1S/C22H23ClN4O2/c1-2-29-22(28)16-6-8-20(25-14-16)27-12-10-26(11-13-27)15-17-5-7-19(23)18-4-3-9-24-21(17)18/h3-9,14H,2,10-13,15H2,1H3. The summed E-state index contributed by atoms with van der Waals surface area (Å²) in [5, 5.41) is 1.73. The Hall–Kier alpha value is -2.70. The van der Waals surface area contributed by atoms with E-state index < -0.39 is 0 Å². The van der Waals surface area contributed by atoms with E-state index in [1.54, 1.807) is 19.2 Å². The van der Waals surface area contributed by atoms with Crippen LogP contribution < -0.4 is 4.90 Å². The lowest BCUT2D eigenvalue weighted by Crippen LogP contribution is -2.46. The number of aromatic nitrogens is 2. The maximum absolute atomic E-state index is 11.8. The molecule has 4 rings (SSSR count). The van der Waals surface area contributed by atoms with Crippen molar-refractivity contribution in [2.45, 2.75) is 13.5 Å². The Balaban J connectivity index is 1.39. The van der Waals surface area contributed by atoms with E-state index in [0.29, 0.717) is 12.2 Å². The molecular formula is C22H23ClN4O2. The van der Waals surface area contributed by atoms with Crippen molar-refractivity contribution in [1.29, 1.82) is 0 Å². The van der Waals surface area contributed by atoms with E-state index >= 15 is 0 Å². The van der Waals surface area contributed by atoms with Crippen LogP contribution in [0.25, 0.3) is 10.9 Å². The minimum Gasteiger partial charge on any atom is -0.462 e. The quantitative estimate of drug-likeness (QED) is 0.596. The van der Waals surface area contributed by atoms with E-state index in [1.807, 2.05) is 30.5 Å². The van der Waals surface area contributed by atoms with Crippen LogP contribution in [0, 0.1) is 0 Å². The van der Waals surface area contributed by atoms with Gasteiger partial charge in [0.15, 0.2) is 0 Å². The third kappa shape index (κ3) is 4.33. The normalized spacial score (nSPS) is 14.9. The number of hydrogen-bond acceptors (Lipinski definition) is 6. The number of ether oxygens (including phenoxy) is 1. The molecule has 0 saturated carbocycles. The van der Waals surface area contributed by atoms with Gasteiger partial charge in [0.25, 0.3) is 0 Å². The third-order valence-electron chi connectivity index (χ3n) is 5.15. The van der Waals surface area contributed by atoms with Gasteiger partial charge in [-0.2, -0.15) is 0 Å². The number of benzene rings is 1. The number of pyridine rings is 2. The first kappa shape index (κ1) is 19.6. The molecule has 3 heterocycles. The van der Waals surface area contributed by atoms with Gasteiger partial charge in [-0.1, -0.05) is 17.7 Å². The summed E-state index contributed by atoms with van der Waals surface area (Å²) in [5.41, 5.74) is 2.64. The number of anilines is 1. The lowest BCUT2D eigenvalue weighted by Gasteiger charge is -2.35. The van der Waals surface area contributed by atoms with Gasteiger partial charge in [-0.3, -0.25) is 9.88 Å². The second-order valence-corrected chi connectivity index (χ2v) is 7.40. The number of hydrogen-bond donors (Lipinski definition) is 0. The number of carbonyl (C=O) groups excluding carboxylic acids is 1. The van der Waals surface area contributed by atoms with Crippen LogP contribution in [0.15, 0.2) is 48.8 Å². The Morgan fingerprint density at radius 3 is 2.66 bits per heavy atom. The van der Waals surface area contributed by atoms with Gasteiger partial charge in [-0.15, -0.1) is 0 Å². The highest BCUT2D eigenvalue weighted by atomic mass is 35.5. The van der Waals surface area contributed by atoms with Crippen LogP contribution >= 0.6 is 11.6 Å². The van der Waals surface area contributed by atoms with Crippen LogP contribution in [0.1, 0.15) is 22.8 Å². The molecule has 6 nitrogen and oxygen atoms in total. The van der Waals surface area contributed by atoms with E-state index in [1.165, 1.54) is 5.56 Å². The van der Waals surface area contributed by atoms with Crippen molar-refractivity contribution in [3.8, 4) is 0 Å². The number of rotatable bonds is 5. The van der Waals surface area contributed by atoms with E-state index in [2.05, 4.69) is 25.8 Å². The van der Waals surface area contributed by atoms with Gasteiger partial charge < -0.3 is 9.64 Å². The Kier molecular flexibility index (Phi) is 5.92. The maximum Gasteiger partial charge on any atom is 0.339 e. The molecular weight excluding hydrogens is 388 g/mol. The van der Waals surface area contributed by atoms with Crippen molar-refractivity contribution in [1.82, 2.24) is 14.9 Å². The summed E-state index contributed by atoms with van der Waals surface area (Å²) in [6.07, 6.45) is 3.40. The van der Waals surface area contributed by atoms with Crippen LogP contribution in [0.4, 0.5) is 5.82 Å². The molecule has 0 atom stereocenters. The third-order valence-corrected chi connectivity index (χ3v) is 5.48. The highest BCUT2D eigenvalue weighted by Gasteiger charge is 2.19. The van der Waals surface area contributed by atoms with Crippen molar-refractivity contribution in [3.05, 3.63) is 64.9 Å². The van der Waals surface area contributed by atoms with Crippen molar-refractivity contribution < 1.29 is 9.53 Å². The van der Waals surface area contributed by atoms with E-state index in [-0.39, 0.29) is 5.97 Å². The summed E-state index contributed by atoms with van der Waals surface area (Å²) in [6.45, 7) is 6.61. The Morgan fingerprint density at radius 1 is 1.10 bits per heavy atom. The molecule has 1 aliphatic rings. The van der Waals surface area contributed by atoms with Gasteiger partial charge in [-0.05, 0) is 42.8 Å². The minimum atomic E-state index is -0.333. The highest BCUT2D eigenvalue weighted by molar-refractivity contribution is 6.35. The average molecular weight is 411 g/mol. The number of nitrogens with zero attached hydrogens (tertiary/aromatic N) is 4. The van der Waals surface area contributed by atoms with E-state index in [4.69, 9.17) is 16.3 Å². The van der Waals surface area contributed by atoms with Gasteiger partial charge in [-0.25, -0.2) is 9.78 Å². The molecule has 0 aliphatic carbocycles. The van der Waals surface area contributed by atoms with Crippen LogP contribution in [-0.4, -0.2) is 53.6 Å². The summed E-state index contributed by atoms with van der Waals surface area (Å²) in [6, 6.07) is 11.6. The lowest BCUT2D eigenvalue weighted by atomic mass is 10.1. The average Bonchev–Trinajstić information content (AvgIpc) is 2.77. The Bertz CT molecular complexity index is 1000. The Morgan fingerprint density at radius 2 is 1.93 bits per heavy atom. The molecule has 1 saturated heterocycles. The molecule has 1 aromatic carbocycles. The van der Waals surface area contributed by atoms with Gasteiger partial charge in [0.2, 0.25) is 0 Å². The second-order valence-electron chi connectivity index (χ2n) is 6.99. The molecule has 150 valence electrons. The van der Waals surface area contributed by atoms with Crippen LogP contribution in [0.5, 0.6) is 0 Å². The molecule has 29 heavy (non-hydrogen) atoms. The van der Waals surface area contributed by atoms with Crippen molar-refractivity contribution in [3.63, 3.8) is 0 Å². The smallest absolute Gasteiger partial charge is 0.339 e. The number of carbonyl (C=O) groups is 1. The van der Waals surface area contributed by atoms with E-state index in [0.717, 1.165) is 54.5 Å². The molecule has 0 radical (unpaired) electrons. The molecule has 1 aliphatic heterocycles. The molecule has 0 N–H and O–H groups in total. The second kappa shape index (κ2) is 8.76. The zero-order chi connectivity index (χ0) is 20.2. The number of fused-ring (bicyclic) bond motifs is 1. The molecule has 0 amide bonds. The Labute approximate surface area is 175 Å². The van der Waals surface area contributed by atoms with Gasteiger partial charge in [0, 0.05) is 55.5 Å². The number of esters is 1. The van der Waals surface area contributed by atoms with E-state index in [9.17, 15) is 4.79 Å². The first-order valence-electron chi connectivity index (χ1n) is 9.78. The lowest BCUT2D eigenvalue weighted by molar-refractivity contribution is 0.0526. The number of piperazine rings is 1. The monoisotopic (exact) mass is 410 g/mol. The maximum atomic E-state index is 11.8. The largest absolute Gasteiger partial charge is 0.462 e. The fraction of sp³-hybridized carbons (Fsp3) is 0.318. The summed E-state index contributed by atoms with van der Waals surface area (Å²) in [4.78, 5) is 25.4. The molecule has 0 bridgehead atoms. The summed E-state index contributed by atoms with van der Waals surface area (Å²) >= 11 is 6.31.